The van der Waals surface area contributed by atoms with E-state index in [1.807, 2.05) is 12.3 Å². The Morgan fingerprint density at radius 2 is 2.39 bits per heavy atom. The standard InChI is InChI=1S/C12H11ClN2O2S/c1-8-7-18-12(14-8)15-11(16)6-17-10-4-2-3-9(13)5-10/h2-5,7H,6H2,1H3,(H,14,15,16). The first kappa shape index (κ1) is 12.9. The van der Waals surface area contributed by atoms with Crippen molar-refractivity contribution in [3.63, 3.8) is 0 Å². The molecule has 4 nitrogen and oxygen atoms in total. The molecule has 1 aromatic carbocycles. The van der Waals surface area contributed by atoms with Crippen molar-refractivity contribution in [3.05, 3.63) is 40.4 Å². The van der Waals surface area contributed by atoms with Crippen LogP contribution in [0.15, 0.2) is 29.6 Å². The summed E-state index contributed by atoms with van der Waals surface area (Å²) >= 11 is 7.19. The lowest BCUT2D eigenvalue weighted by atomic mass is 10.3. The lowest BCUT2D eigenvalue weighted by molar-refractivity contribution is -0.118. The van der Waals surface area contributed by atoms with Crippen LogP contribution in [0.5, 0.6) is 5.75 Å². The van der Waals surface area contributed by atoms with Crippen LogP contribution in [0.1, 0.15) is 5.69 Å². The summed E-state index contributed by atoms with van der Waals surface area (Å²) in [7, 11) is 0. The number of aromatic nitrogens is 1. The molecule has 2 aromatic rings. The number of nitrogens with zero attached hydrogens (tertiary/aromatic N) is 1. The van der Waals surface area contributed by atoms with Gasteiger partial charge in [0.05, 0.1) is 5.69 Å². The molecule has 94 valence electrons. The summed E-state index contributed by atoms with van der Waals surface area (Å²) in [6.07, 6.45) is 0. The number of halogens is 1. The molecule has 1 aromatic heterocycles. The van der Waals surface area contributed by atoms with Gasteiger partial charge in [-0.2, -0.15) is 0 Å². The highest BCUT2D eigenvalue weighted by Crippen LogP contribution is 2.17. The molecule has 0 aliphatic rings. The number of thiazole rings is 1. The van der Waals surface area contributed by atoms with Crippen molar-refractivity contribution in [2.24, 2.45) is 0 Å². The SMILES string of the molecule is Cc1csc(NC(=O)COc2cccc(Cl)c2)n1. The Morgan fingerprint density at radius 1 is 1.56 bits per heavy atom. The van der Waals surface area contributed by atoms with E-state index >= 15 is 0 Å². The van der Waals surface area contributed by atoms with Gasteiger partial charge in [-0.25, -0.2) is 4.98 Å². The molecule has 0 radical (unpaired) electrons. The summed E-state index contributed by atoms with van der Waals surface area (Å²) in [4.78, 5) is 15.7. The highest BCUT2D eigenvalue weighted by Gasteiger charge is 2.06. The molecular formula is C12H11ClN2O2S. The van der Waals surface area contributed by atoms with Crippen LogP contribution < -0.4 is 10.1 Å². The van der Waals surface area contributed by atoms with Crippen LogP contribution in [0.2, 0.25) is 5.02 Å². The zero-order chi connectivity index (χ0) is 13.0. The number of hydrogen-bond donors (Lipinski definition) is 1. The average Bonchev–Trinajstić information content (AvgIpc) is 2.72. The molecule has 1 N–H and O–H groups in total. The van der Waals surface area contributed by atoms with E-state index in [0.29, 0.717) is 15.9 Å². The van der Waals surface area contributed by atoms with Crippen LogP contribution in [-0.2, 0) is 4.79 Å². The minimum absolute atomic E-state index is 0.0705. The van der Waals surface area contributed by atoms with E-state index in [0.717, 1.165) is 5.69 Å². The van der Waals surface area contributed by atoms with Gasteiger partial charge in [-0.1, -0.05) is 17.7 Å². The third kappa shape index (κ3) is 3.72. The highest BCUT2D eigenvalue weighted by atomic mass is 35.5. The maximum atomic E-state index is 11.6. The van der Waals surface area contributed by atoms with Gasteiger partial charge in [0.15, 0.2) is 11.7 Å². The molecule has 0 aliphatic carbocycles. The molecule has 2 rings (SSSR count). The van der Waals surface area contributed by atoms with Crippen LogP contribution in [0, 0.1) is 6.92 Å². The molecule has 0 saturated heterocycles. The fraction of sp³-hybridized carbons (Fsp3) is 0.167. The third-order valence-corrected chi connectivity index (χ3v) is 3.14. The number of anilines is 1. The first-order valence-electron chi connectivity index (χ1n) is 5.24. The number of ether oxygens (including phenoxy) is 1. The van der Waals surface area contributed by atoms with Crippen molar-refractivity contribution in [1.29, 1.82) is 0 Å². The van der Waals surface area contributed by atoms with Gasteiger partial charge in [-0.05, 0) is 25.1 Å². The maximum Gasteiger partial charge on any atom is 0.264 e. The molecule has 0 spiro atoms. The summed E-state index contributed by atoms with van der Waals surface area (Å²) in [5.41, 5.74) is 0.881. The monoisotopic (exact) mass is 282 g/mol. The van der Waals surface area contributed by atoms with Crippen molar-refractivity contribution in [3.8, 4) is 5.75 Å². The van der Waals surface area contributed by atoms with Crippen LogP contribution in [0.3, 0.4) is 0 Å². The van der Waals surface area contributed by atoms with Crippen LogP contribution in [0.25, 0.3) is 0 Å². The number of rotatable bonds is 4. The Kier molecular flexibility index (Phi) is 4.17. The summed E-state index contributed by atoms with van der Waals surface area (Å²) in [5.74, 6) is 0.317. The number of hydrogen-bond acceptors (Lipinski definition) is 4. The predicted molar refractivity (Wildman–Crippen MR) is 72.4 cm³/mol. The maximum absolute atomic E-state index is 11.6. The lowest BCUT2D eigenvalue weighted by Crippen LogP contribution is -2.20. The van der Waals surface area contributed by atoms with Crippen molar-refractivity contribution in [1.82, 2.24) is 4.98 Å². The topological polar surface area (TPSA) is 51.2 Å². The number of benzene rings is 1. The molecule has 0 unspecified atom stereocenters. The molecule has 6 heteroatoms. The summed E-state index contributed by atoms with van der Waals surface area (Å²) in [5, 5.41) is 5.68. The predicted octanol–water partition coefficient (Wildman–Crippen LogP) is 3.12. The minimum atomic E-state index is -0.246. The van der Waals surface area contributed by atoms with Gasteiger partial charge in [0.2, 0.25) is 0 Å². The average molecular weight is 283 g/mol. The number of carbonyl (C=O) groups excluding carboxylic acids is 1. The number of carbonyl (C=O) groups is 1. The second-order valence-electron chi connectivity index (χ2n) is 3.59. The zero-order valence-electron chi connectivity index (χ0n) is 9.64. The molecule has 0 aliphatic heterocycles. The fourth-order valence-corrected chi connectivity index (χ4v) is 2.16. The highest BCUT2D eigenvalue weighted by molar-refractivity contribution is 7.13. The summed E-state index contributed by atoms with van der Waals surface area (Å²) in [6.45, 7) is 1.80. The van der Waals surface area contributed by atoms with Crippen LogP contribution >= 0.6 is 22.9 Å². The molecule has 0 atom stereocenters. The van der Waals surface area contributed by atoms with E-state index < -0.39 is 0 Å². The Hall–Kier alpha value is -1.59. The fourth-order valence-electron chi connectivity index (χ4n) is 1.27. The van der Waals surface area contributed by atoms with Gasteiger partial charge < -0.3 is 4.74 Å². The minimum Gasteiger partial charge on any atom is -0.484 e. The summed E-state index contributed by atoms with van der Waals surface area (Å²) < 4.78 is 5.31. The van der Waals surface area contributed by atoms with Gasteiger partial charge in [0.25, 0.3) is 5.91 Å². The second-order valence-corrected chi connectivity index (χ2v) is 4.88. The van der Waals surface area contributed by atoms with E-state index in [9.17, 15) is 4.79 Å². The number of aryl methyl sites for hydroxylation is 1. The van der Waals surface area contributed by atoms with Gasteiger partial charge in [-0.15, -0.1) is 11.3 Å². The Labute approximate surface area is 114 Å². The van der Waals surface area contributed by atoms with Gasteiger partial charge in [0.1, 0.15) is 5.75 Å². The molecule has 0 fully saturated rings. The normalized spacial score (nSPS) is 10.1. The number of amides is 1. The smallest absolute Gasteiger partial charge is 0.264 e. The first-order valence-corrected chi connectivity index (χ1v) is 6.49. The van der Waals surface area contributed by atoms with Gasteiger partial charge in [0, 0.05) is 10.4 Å². The van der Waals surface area contributed by atoms with Crippen molar-refractivity contribution >= 4 is 34.0 Å². The number of nitrogens with one attached hydrogen (secondary N) is 1. The quantitative estimate of drug-likeness (QED) is 0.937. The van der Waals surface area contributed by atoms with Gasteiger partial charge >= 0.3 is 0 Å². The zero-order valence-corrected chi connectivity index (χ0v) is 11.2. The Balaban J connectivity index is 1.85. The van der Waals surface area contributed by atoms with E-state index in [1.54, 1.807) is 24.3 Å². The van der Waals surface area contributed by atoms with Crippen LogP contribution in [-0.4, -0.2) is 17.5 Å². The molecule has 1 heterocycles. The molecule has 1 amide bonds. The first-order chi connectivity index (χ1) is 8.63. The van der Waals surface area contributed by atoms with E-state index in [-0.39, 0.29) is 12.5 Å². The lowest BCUT2D eigenvalue weighted by Gasteiger charge is -2.05. The molecular weight excluding hydrogens is 272 g/mol. The largest absolute Gasteiger partial charge is 0.484 e. The van der Waals surface area contributed by atoms with E-state index in [4.69, 9.17) is 16.3 Å². The molecule has 18 heavy (non-hydrogen) atoms. The third-order valence-electron chi connectivity index (χ3n) is 2.03. The van der Waals surface area contributed by atoms with Crippen molar-refractivity contribution in [2.45, 2.75) is 6.92 Å². The van der Waals surface area contributed by atoms with Crippen molar-refractivity contribution in [2.75, 3.05) is 11.9 Å². The van der Waals surface area contributed by atoms with Gasteiger partial charge in [-0.3, -0.25) is 10.1 Å². The Morgan fingerprint density at radius 3 is 3.06 bits per heavy atom. The summed E-state index contributed by atoms with van der Waals surface area (Å²) in [6, 6.07) is 6.90. The van der Waals surface area contributed by atoms with E-state index in [1.165, 1.54) is 11.3 Å². The molecule has 0 saturated carbocycles. The van der Waals surface area contributed by atoms with Crippen molar-refractivity contribution < 1.29 is 9.53 Å². The van der Waals surface area contributed by atoms with E-state index in [2.05, 4.69) is 10.3 Å². The second kappa shape index (κ2) is 5.84. The van der Waals surface area contributed by atoms with Crippen LogP contribution in [0.4, 0.5) is 5.13 Å². The molecule has 0 bridgehead atoms. The Bertz CT molecular complexity index is 557.